The number of benzene rings is 1. The van der Waals surface area contributed by atoms with Crippen molar-refractivity contribution in [2.75, 3.05) is 6.54 Å². The van der Waals surface area contributed by atoms with E-state index < -0.39 is 0 Å². The molecule has 0 aliphatic heterocycles. The molecule has 1 aliphatic rings. The summed E-state index contributed by atoms with van der Waals surface area (Å²) in [5.74, 6) is 0.180. The minimum atomic E-state index is -0.272. The molecule has 0 amide bonds. The molecule has 0 radical (unpaired) electrons. The van der Waals surface area contributed by atoms with Gasteiger partial charge in [-0.15, -0.1) is 0 Å². The Kier molecular flexibility index (Phi) is 3.24. The van der Waals surface area contributed by atoms with Gasteiger partial charge in [0.05, 0.1) is 10.0 Å². The van der Waals surface area contributed by atoms with Crippen molar-refractivity contribution in [2.45, 2.75) is 19.3 Å². The second kappa shape index (κ2) is 4.36. The fraction of sp³-hybridized carbons (Fsp3) is 0.417. The van der Waals surface area contributed by atoms with E-state index in [1.807, 2.05) is 6.07 Å². The van der Waals surface area contributed by atoms with Gasteiger partial charge in [-0.1, -0.05) is 35.3 Å². The lowest BCUT2D eigenvalue weighted by Crippen LogP contribution is -2.26. The first kappa shape index (κ1) is 11.9. The van der Waals surface area contributed by atoms with E-state index in [1.165, 1.54) is 0 Å². The predicted molar refractivity (Wildman–Crippen MR) is 65.9 cm³/mol. The number of nitrogens with two attached hydrogens (primary N) is 1. The molecule has 0 aromatic heterocycles. The highest BCUT2D eigenvalue weighted by atomic mass is 35.5. The molecule has 86 valence electrons. The number of rotatable bonds is 4. The van der Waals surface area contributed by atoms with Crippen LogP contribution in [-0.4, -0.2) is 12.3 Å². The lowest BCUT2D eigenvalue weighted by atomic mass is 9.95. The molecule has 1 aromatic rings. The summed E-state index contributed by atoms with van der Waals surface area (Å²) in [6.45, 7) is 0.435. The van der Waals surface area contributed by atoms with Gasteiger partial charge in [0.15, 0.2) is 0 Å². The van der Waals surface area contributed by atoms with Gasteiger partial charge in [0.1, 0.15) is 5.78 Å². The lowest BCUT2D eigenvalue weighted by molar-refractivity contribution is -0.123. The zero-order valence-corrected chi connectivity index (χ0v) is 10.3. The number of hydrogen-bond donors (Lipinski definition) is 1. The zero-order valence-electron chi connectivity index (χ0n) is 8.80. The van der Waals surface area contributed by atoms with E-state index in [2.05, 4.69) is 0 Å². The van der Waals surface area contributed by atoms with Gasteiger partial charge in [-0.2, -0.15) is 0 Å². The molecular weight excluding hydrogens is 245 g/mol. The van der Waals surface area contributed by atoms with Crippen molar-refractivity contribution < 1.29 is 4.79 Å². The third kappa shape index (κ3) is 2.10. The third-order valence-corrected chi connectivity index (χ3v) is 4.08. The predicted octanol–water partition coefficient (Wildman–Crippen LogP) is 2.84. The summed E-state index contributed by atoms with van der Waals surface area (Å²) < 4.78 is 0. The summed E-state index contributed by atoms with van der Waals surface area (Å²) in [5.41, 5.74) is 6.13. The smallest absolute Gasteiger partial charge is 0.144 e. The van der Waals surface area contributed by atoms with Crippen LogP contribution >= 0.6 is 23.2 Å². The van der Waals surface area contributed by atoms with Gasteiger partial charge in [0, 0.05) is 18.4 Å². The monoisotopic (exact) mass is 257 g/mol. The first-order valence-electron chi connectivity index (χ1n) is 5.25. The summed E-state index contributed by atoms with van der Waals surface area (Å²) in [6.07, 6.45) is 2.14. The van der Waals surface area contributed by atoms with Crippen LogP contribution in [0.25, 0.3) is 0 Å². The number of carbonyl (C=O) groups excluding carboxylic acids is 1. The maximum Gasteiger partial charge on any atom is 0.144 e. The quantitative estimate of drug-likeness (QED) is 0.902. The standard InChI is InChI=1S/C12H13Cl2NO/c13-9-3-1-2-8(11(9)14)6-10(16)12(7-15)4-5-12/h1-3H,4-7,15H2. The van der Waals surface area contributed by atoms with Crippen molar-refractivity contribution in [3.8, 4) is 0 Å². The Morgan fingerprint density at radius 3 is 2.62 bits per heavy atom. The molecule has 0 unspecified atom stereocenters. The molecule has 0 spiro atoms. The summed E-state index contributed by atoms with van der Waals surface area (Å²) in [7, 11) is 0. The minimum absolute atomic E-state index is 0.180. The molecule has 2 nitrogen and oxygen atoms in total. The first-order chi connectivity index (χ1) is 7.59. The molecule has 0 bridgehead atoms. The Hall–Kier alpha value is -0.570. The van der Waals surface area contributed by atoms with E-state index in [9.17, 15) is 4.79 Å². The van der Waals surface area contributed by atoms with Gasteiger partial charge in [0.25, 0.3) is 0 Å². The number of halogens is 2. The Balaban J connectivity index is 2.15. The molecule has 1 saturated carbocycles. The molecular formula is C12H13Cl2NO. The van der Waals surface area contributed by atoms with E-state index in [1.54, 1.807) is 12.1 Å². The van der Waals surface area contributed by atoms with Crippen molar-refractivity contribution in [2.24, 2.45) is 11.1 Å². The van der Waals surface area contributed by atoms with E-state index in [0.717, 1.165) is 18.4 Å². The second-order valence-electron chi connectivity index (χ2n) is 4.30. The van der Waals surface area contributed by atoms with Crippen LogP contribution in [0.5, 0.6) is 0 Å². The van der Waals surface area contributed by atoms with Crippen LogP contribution in [0.15, 0.2) is 18.2 Å². The first-order valence-corrected chi connectivity index (χ1v) is 6.01. The molecule has 0 saturated heterocycles. The largest absolute Gasteiger partial charge is 0.329 e. The van der Waals surface area contributed by atoms with Crippen LogP contribution < -0.4 is 5.73 Å². The van der Waals surface area contributed by atoms with Crippen LogP contribution in [0.3, 0.4) is 0 Å². The molecule has 4 heteroatoms. The maximum atomic E-state index is 12.0. The van der Waals surface area contributed by atoms with Crippen molar-refractivity contribution >= 4 is 29.0 Å². The van der Waals surface area contributed by atoms with Gasteiger partial charge in [-0.05, 0) is 24.5 Å². The Labute approximate surface area is 105 Å². The Morgan fingerprint density at radius 1 is 1.38 bits per heavy atom. The van der Waals surface area contributed by atoms with Crippen molar-refractivity contribution in [3.05, 3.63) is 33.8 Å². The molecule has 0 heterocycles. The molecule has 1 aliphatic carbocycles. The summed E-state index contributed by atoms with van der Waals surface area (Å²) in [4.78, 5) is 12.0. The molecule has 1 fully saturated rings. The Bertz CT molecular complexity index is 427. The lowest BCUT2D eigenvalue weighted by Gasteiger charge is -2.11. The van der Waals surface area contributed by atoms with Crippen LogP contribution in [0.2, 0.25) is 10.0 Å². The van der Waals surface area contributed by atoms with E-state index in [4.69, 9.17) is 28.9 Å². The highest BCUT2D eigenvalue weighted by Crippen LogP contribution is 2.46. The van der Waals surface area contributed by atoms with Crippen molar-refractivity contribution in [1.82, 2.24) is 0 Å². The fourth-order valence-electron chi connectivity index (χ4n) is 1.79. The van der Waals surface area contributed by atoms with E-state index in [-0.39, 0.29) is 11.2 Å². The van der Waals surface area contributed by atoms with Crippen LogP contribution in [0.4, 0.5) is 0 Å². The van der Waals surface area contributed by atoms with Crippen LogP contribution in [0.1, 0.15) is 18.4 Å². The van der Waals surface area contributed by atoms with Crippen LogP contribution in [0, 0.1) is 5.41 Å². The topological polar surface area (TPSA) is 43.1 Å². The van der Waals surface area contributed by atoms with Crippen LogP contribution in [-0.2, 0) is 11.2 Å². The average molecular weight is 258 g/mol. The third-order valence-electron chi connectivity index (χ3n) is 3.22. The Morgan fingerprint density at radius 2 is 2.06 bits per heavy atom. The maximum absolute atomic E-state index is 12.0. The fourth-order valence-corrected chi connectivity index (χ4v) is 2.18. The molecule has 0 atom stereocenters. The highest BCUT2D eigenvalue weighted by molar-refractivity contribution is 6.42. The summed E-state index contributed by atoms with van der Waals surface area (Å²) in [5, 5.41) is 0.968. The van der Waals surface area contributed by atoms with Gasteiger partial charge < -0.3 is 5.73 Å². The van der Waals surface area contributed by atoms with Gasteiger partial charge in [-0.25, -0.2) is 0 Å². The SMILES string of the molecule is NCC1(C(=O)Cc2cccc(Cl)c2Cl)CC1. The zero-order chi connectivity index (χ0) is 11.8. The molecule has 2 N–H and O–H groups in total. The van der Waals surface area contributed by atoms with Gasteiger partial charge >= 0.3 is 0 Å². The number of carbonyl (C=O) groups is 1. The average Bonchev–Trinajstić information content (AvgIpc) is 3.05. The van der Waals surface area contributed by atoms with E-state index in [0.29, 0.717) is 23.0 Å². The molecule has 16 heavy (non-hydrogen) atoms. The number of Topliss-reactive ketones (excluding diaryl/α,β-unsaturated/α-hetero) is 1. The summed E-state index contributed by atoms with van der Waals surface area (Å²) in [6, 6.07) is 5.35. The van der Waals surface area contributed by atoms with Gasteiger partial charge in [0.2, 0.25) is 0 Å². The number of hydrogen-bond acceptors (Lipinski definition) is 2. The second-order valence-corrected chi connectivity index (χ2v) is 5.08. The summed E-state index contributed by atoms with van der Waals surface area (Å²) >= 11 is 11.9. The minimum Gasteiger partial charge on any atom is -0.329 e. The van der Waals surface area contributed by atoms with Crippen molar-refractivity contribution in [1.29, 1.82) is 0 Å². The van der Waals surface area contributed by atoms with E-state index >= 15 is 0 Å². The highest BCUT2D eigenvalue weighted by Gasteiger charge is 2.47. The van der Waals surface area contributed by atoms with Gasteiger partial charge in [-0.3, -0.25) is 4.79 Å². The molecule has 2 rings (SSSR count). The normalized spacial score (nSPS) is 17.2. The van der Waals surface area contributed by atoms with Crippen molar-refractivity contribution in [3.63, 3.8) is 0 Å². The number of ketones is 1. The molecule has 1 aromatic carbocycles.